The third kappa shape index (κ3) is 13.7. The Morgan fingerprint density at radius 1 is 1.05 bits per heavy atom. The number of nitrogens with two attached hydrogens (primary N) is 1. The number of aliphatic hydroxyl groups is 1. The number of benzene rings is 1. The molecule has 0 saturated carbocycles. The fourth-order valence-electron chi connectivity index (χ4n) is 3.48. The maximum Gasteiger partial charge on any atom is 0.120 e. The van der Waals surface area contributed by atoms with E-state index in [0.29, 0.717) is 11.5 Å². The highest BCUT2D eigenvalue weighted by atomic mass is 16.3. The molecule has 0 spiro atoms. The summed E-state index contributed by atoms with van der Waals surface area (Å²) in [7, 11) is 0. The number of rotatable bonds is 13. The monoisotopic (exact) mass is 509 g/mol. The summed E-state index contributed by atoms with van der Waals surface area (Å²) in [4.78, 5) is 0. The summed E-state index contributed by atoms with van der Waals surface area (Å²) >= 11 is 0. The van der Waals surface area contributed by atoms with Crippen molar-refractivity contribution in [3.63, 3.8) is 0 Å². The largest absolute Gasteiger partial charge is 0.508 e. The Balaban J connectivity index is 0. The smallest absolute Gasteiger partial charge is 0.120 e. The average molecular weight is 510 g/mol. The number of aryl methyl sites for hydroxylation is 1. The van der Waals surface area contributed by atoms with Crippen molar-refractivity contribution >= 4 is 0 Å². The maximum absolute atomic E-state index is 10.3. The zero-order valence-corrected chi connectivity index (χ0v) is 25.0. The second kappa shape index (κ2) is 22.1. The molecular weight excluding hydrogens is 454 g/mol. The zero-order valence-electron chi connectivity index (χ0n) is 25.0. The van der Waals surface area contributed by atoms with Crippen LogP contribution >= 0.6 is 0 Å². The molecular formula is C33H55N3O. The van der Waals surface area contributed by atoms with E-state index in [4.69, 9.17) is 5.73 Å². The SMILES string of the molecule is C=C.C=C(/C(=C/C(NCc1ccc(C)cc1)=C(\NCC)C(C)CC)CCC)C(=C\N)/C(O)=C\C.CCC. The molecule has 0 bridgehead atoms. The van der Waals surface area contributed by atoms with Gasteiger partial charge >= 0.3 is 0 Å². The number of aliphatic hydroxyl groups excluding tert-OH is 1. The van der Waals surface area contributed by atoms with Crippen LogP contribution in [0.25, 0.3) is 0 Å². The van der Waals surface area contributed by atoms with Crippen LogP contribution in [-0.2, 0) is 6.54 Å². The Morgan fingerprint density at radius 3 is 2.05 bits per heavy atom. The molecule has 1 atom stereocenters. The molecule has 0 saturated heterocycles. The van der Waals surface area contributed by atoms with Crippen molar-refractivity contribution in [3.8, 4) is 0 Å². The molecule has 1 aromatic carbocycles. The van der Waals surface area contributed by atoms with Gasteiger partial charge in [0.25, 0.3) is 0 Å². The highest BCUT2D eigenvalue weighted by Gasteiger charge is 2.16. The van der Waals surface area contributed by atoms with Crippen LogP contribution in [-0.4, -0.2) is 11.7 Å². The van der Waals surface area contributed by atoms with Gasteiger partial charge in [0.15, 0.2) is 0 Å². The number of allylic oxidation sites excluding steroid dienone is 5. The summed E-state index contributed by atoms with van der Waals surface area (Å²) in [6.45, 7) is 28.7. The lowest BCUT2D eigenvalue weighted by atomic mass is 9.93. The lowest BCUT2D eigenvalue weighted by molar-refractivity contribution is 0.424. The van der Waals surface area contributed by atoms with Crippen LogP contribution in [0.5, 0.6) is 0 Å². The van der Waals surface area contributed by atoms with Gasteiger partial charge in [0.1, 0.15) is 5.76 Å². The molecule has 1 unspecified atom stereocenters. The van der Waals surface area contributed by atoms with E-state index in [0.717, 1.165) is 49.2 Å². The highest BCUT2D eigenvalue weighted by Crippen LogP contribution is 2.28. The van der Waals surface area contributed by atoms with Crippen molar-refractivity contribution in [2.24, 2.45) is 11.7 Å². The van der Waals surface area contributed by atoms with Gasteiger partial charge in [0.05, 0.1) is 5.70 Å². The van der Waals surface area contributed by atoms with E-state index in [-0.39, 0.29) is 5.76 Å². The summed E-state index contributed by atoms with van der Waals surface area (Å²) in [6, 6.07) is 8.59. The predicted octanol–water partition coefficient (Wildman–Crippen LogP) is 8.76. The van der Waals surface area contributed by atoms with E-state index in [1.807, 2.05) is 0 Å². The van der Waals surface area contributed by atoms with Crippen molar-refractivity contribution in [1.29, 1.82) is 0 Å². The number of hydrogen-bond acceptors (Lipinski definition) is 4. The van der Waals surface area contributed by atoms with Crippen LogP contribution in [0.15, 0.2) is 96.2 Å². The van der Waals surface area contributed by atoms with Gasteiger partial charge in [-0.05, 0) is 68.4 Å². The highest BCUT2D eigenvalue weighted by molar-refractivity contribution is 5.53. The number of nitrogens with one attached hydrogen (secondary N) is 2. The Kier molecular flexibility index (Phi) is 21.5. The first-order valence-electron chi connectivity index (χ1n) is 13.7. The summed E-state index contributed by atoms with van der Waals surface area (Å²) in [5.74, 6) is 0.516. The zero-order chi connectivity index (χ0) is 28.8. The van der Waals surface area contributed by atoms with Crippen LogP contribution in [0, 0.1) is 12.8 Å². The van der Waals surface area contributed by atoms with Gasteiger partial charge in [-0.3, -0.25) is 0 Å². The normalized spacial score (nSPS) is 13.2. The molecule has 1 rings (SSSR count). The summed E-state index contributed by atoms with van der Waals surface area (Å²) in [6.07, 6.45) is 9.33. The molecule has 0 fully saturated rings. The molecule has 5 N–H and O–H groups in total. The van der Waals surface area contributed by atoms with Gasteiger partial charge in [0.2, 0.25) is 0 Å². The van der Waals surface area contributed by atoms with Crippen LogP contribution in [0.2, 0.25) is 0 Å². The van der Waals surface area contributed by atoms with Crippen LogP contribution in [0.3, 0.4) is 0 Å². The minimum Gasteiger partial charge on any atom is -0.508 e. The van der Waals surface area contributed by atoms with E-state index in [2.05, 4.69) is 109 Å². The standard InChI is InChI=1S/C28H43N3O.C3H8.C2H4/c1-8-12-24(22(7)25(18-29)27(32)10-3)17-26(28(30-11-4)21(6)9-2)31-19-23-15-13-20(5)14-16-23;1-3-2;1-2/h10,13-18,21,30-32H,7-9,11-12,19,29H2,1-6H3;3H2,1-2H3;1-2H2/b24-17+,25-18+,27-10+,28-26+;;. The molecule has 0 amide bonds. The number of hydrogen-bond donors (Lipinski definition) is 4. The summed E-state index contributed by atoms with van der Waals surface area (Å²) in [5.41, 5.74) is 13.0. The molecule has 37 heavy (non-hydrogen) atoms. The Bertz CT molecular complexity index is 889. The minimum atomic E-state index is 0.145. The lowest BCUT2D eigenvalue weighted by Gasteiger charge is -2.23. The average Bonchev–Trinajstić information content (AvgIpc) is 2.91. The molecule has 0 aliphatic heterocycles. The first-order chi connectivity index (χ1) is 17.7. The van der Waals surface area contributed by atoms with Gasteiger partial charge in [-0.15, -0.1) is 13.2 Å². The fraction of sp³-hybridized carbons (Fsp3) is 0.455. The Hall–Kier alpha value is -3.14. The topological polar surface area (TPSA) is 70.3 Å². The molecule has 0 aliphatic carbocycles. The molecule has 0 heterocycles. The second-order valence-electron chi connectivity index (χ2n) is 8.87. The van der Waals surface area contributed by atoms with Crippen molar-refractivity contribution in [1.82, 2.24) is 10.6 Å². The van der Waals surface area contributed by atoms with Crippen molar-refractivity contribution < 1.29 is 5.11 Å². The summed E-state index contributed by atoms with van der Waals surface area (Å²) in [5, 5.41) is 17.6. The third-order valence-electron chi connectivity index (χ3n) is 5.63. The van der Waals surface area contributed by atoms with E-state index in [1.165, 1.54) is 29.4 Å². The van der Waals surface area contributed by atoms with Crippen molar-refractivity contribution in [3.05, 3.63) is 107 Å². The Morgan fingerprint density at radius 2 is 1.62 bits per heavy atom. The van der Waals surface area contributed by atoms with E-state index in [1.54, 1.807) is 13.0 Å². The molecule has 0 radical (unpaired) electrons. The van der Waals surface area contributed by atoms with Gasteiger partial charge in [-0.2, -0.15) is 0 Å². The van der Waals surface area contributed by atoms with Gasteiger partial charge in [-0.1, -0.05) is 83.9 Å². The van der Waals surface area contributed by atoms with E-state index < -0.39 is 0 Å². The van der Waals surface area contributed by atoms with E-state index >= 15 is 0 Å². The first-order valence-corrected chi connectivity index (χ1v) is 13.7. The minimum absolute atomic E-state index is 0.145. The molecule has 1 aromatic rings. The van der Waals surface area contributed by atoms with Gasteiger partial charge < -0.3 is 21.5 Å². The maximum atomic E-state index is 10.3. The fourth-order valence-corrected chi connectivity index (χ4v) is 3.48. The van der Waals surface area contributed by atoms with Crippen LogP contribution < -0.4 is 16.4 Å². The lowest BCUT2D eigenvalue weighted by Crippen LogP contribution is -2.26. The quantitative estimate of drug-likeness (QED) is 0.122. The van der Waals surface area contributed by atoms with Gasteiger partial charge in [-0.25, -0.2) is 0 Å². The van der Waals surface area contributed by atoms with Gasteiger partial charge in [0, 0.05) is 30.6 Å². The van der Waals surface area contributed by atoms with Crippen molar-refractivity contribution in [2.45, 2.75) is 87.6 Å². The molecule has 208 valence electrons. The second-order valence-corrected chi connectivity index (χ2v) is 8.87. The predicted molar refractivity (Wildman–Crippen MR) is 166 cm³/mol. The first kappa shape index (κ1) is 36.0. The van der Waals surface area contributed by atoms with Crippen LogP contribution in [0.4, 0.5) is 0 Å². The van der Waals surface area contributed by atoms with Crippen LogP contribution in [0.1, 0.15) is 85.3 Å². The van der Waals surface area contributed by atoms with Crippen molar-refractivity contribution in [2.75, 3.05) is 6.54 Å². The Labute approximate surface area is 228 Å². The molecule has 4 heteroatoms. The van der Waals surface area contributed by atoms with E-state index in [9.17, 15) is 5.11 Å². The third-order valence-corrected chi connectivity index (χ3v) is 5.63. The summed E-state index contributed by atoms with van der Waals surface area (Å²) < 4.78 is 0. The molecule has 0 aromatic heterocycles. The molecule has 4 nitrogen and oxygen atoms in total. The molecule has 0 aliphatic rings.